The first-order chi connectivity index (χ1) is 13.7. The van der Waals surface area contributed by atoms with Crippen LogP contribution in [0.15, 0.2) is 63.2 Å². The average Bonchev–Trinajstić information content (AvgIpc) is 2.70. The Morgan fingerprint density at radius 3 is 1.93 bits per heavy atom. The van der Waals surface area contributed by atoms with E-state index in [2.05, 4.69) is 4.72 Å². The number of halogens is 2. The van der Waals surface area contributed by atoms with Crippen LogP contribution >= 0.6 is 11.8 Å². The largest absolute Gasteiger partial charge is 0.288 e. The molecule has 1 N–H and O–H groups in total. The lowest BCUT2D eigenvalue weighted by Gasteiger charge is -2.25. The van der Waals surface area contributed by atoms with Gasteiger partial charge in [-0.2, -0.15) is 13.1 Å². The summed E-state index contributed by atoms with van der Waals surface area (Å²) < 4.78 is 78.8. The van der Waals surface area contributed by atoms with Gasteiger partial charge in [0.2, 0.25) is 10.0 Å². The van der Waals surface area contributed by atoms with E-state index < -0.39 is 25.8 Å². The number of benzene rings is 2. The van der Waals surface area contributed by atoms with Gasteiger partial charge in [-0.1, -0.05) is 18.2 Å². The predicted molar refractivity (Wildman–Crippen MR) is 108 cm³/mol. The van der Waals surface area contributed by atoms with Gasteiger partial charge in [0.05, 0.1) is 9.79 Å². The van der Waals surface area contributed by atoms with Crippen molar-refractivity contribution in [1.29, 1.82) is 0 Å². The molecular formula is C18H20F2N2O4S3. The molecule has 2 aromatic carbocycles. The number of thioether (sulfide) groups is 1. The van der Waals surface area contributed by atoms with Crippen LogP contribution in [0.1, 0.15) is 19.3 Å². The van der Waals surface area contributed by atoms with Crippen LogP contribution in [0.3, 0.4) is 0 Å². The highest BCUT2D eigenvalue weighted by Gasteiger charge is 2.26. The van der Waals surface area contributed by atoms with E-state index in [9.17, 15) is 25.6 Å². The maximum absolute atomic E-state index is 12.7. The number of piperidine rings is 1. The summed E-state index contributed by atoms with van der Waals surface area (Å²) in [5, 5.41) is 0. The second-order valence-electron chi connectivity index (χ2n) is 6.44. The predicted octanol–water partition coefficient (Wildman–Crippen LogP) is 3.98. The van der Waals surface area contributed by atoms with Crippen molar-refractivity contribution in [2.24, 2.45) is 0 Å². The second kappa shape index (κ2) is 8.99. The molecule has 1 fully saturated rings. The van der Waals surface area contributed by atoms with Crippen molar-refractivity contribution in [2.75, 3.05) is 17.8 Å². The SMILES string of the molecule is O=S(=O)(Nc1ccc(SC(F)F)cc1)c1ccc(S(=O)(=O)N2CCCCC2)cc1. The highest BCUT2D eigenvalue weighted by atomic mass is 32.2. The summed E-state index contributed by atoms with van der Waals surface area (Å²) in [5.74, 6) is -2.56. The van der Waals surface area contributed by atoms with Crippen molar-refractivity contribution in [2.45, 2.75) is 39.7 Å². The summed E-state index contributed by atoms with van der Waals surface area (Å²) in [6.07, 6.45) is 2.62. The molecule has 1 heterocycles. The maximum atomic E-state index is 12.7. The van der Waals surface area contributed by atoms with E-state index >= 15 is 0 Å². The molecule has 0 spiro atoms. The summed E-state index contributed by atoms with van der Waals surface area (Å²) >= 11 is 0.366. The van der Waals surface area contributed by atoms with Crippen molar-refractivity contribution < 1.29 is 25.6 Å². The molecule has 0 aliphatic carbocycles. The molecule has 0 bridgehead atoms. The van der Waals surface area contributed by atoms with Gasteiger partial charge in [0, 0.05) is 23.7 Å². The van der Waals surface area contributed by atoms with Gasteiger partial charge in [-0.25, -0.2) is 16.8 Å². The molecule has 2 aromatic rings. The van der Waals surface area contributed by atoms with Crippen LogP contribution in [-0.4, -0.2) is 40.0 Å². The van der Waals surface area contributed by atoms with E-state index in [-0.39, 0.29) is 15.5 Å². The average molecular weight is 463 g/mol. The van der Waals surface area contributed by atoms with Gasteiger partial charge in [0.25, 0.3) is 15.8 Å². The monoisotopic (exact) mass is 462 g/mol. The first-order valence-electron chi connectivity index (χ1n) is 8.86. The lowest BCUT2D eigenvalue weighted by atomic mass is 10.2. The number of anilines is 1. The van der Waals surface area contributed by atoms with Gasteiger partial charge in [0.1, 0.15) is 0 Å². The Morgan fingerprint density at radius 2 is 1.38 bits per heavy atom. The van der Waals surface area contributed by atoms with Gasteiger partial charge in [0.15, 0.2) is 0 Å². The molecule has 0 atom stereocenters. The number of rotatable bonds is 7. The summed E-state index contributed by atoms with van der Waals surface area (Å²) in [5.41, 5.74) is 0.216. The van der Waals surface area contributed by atoms with Crippen LogP contribution in [0.5, 0.6) is 0 Å². The quantitative estimate of drug-likeness (QED) is 0.630. The first-order valence-corrected chi connectivity index (χ1v) is 12.7. The molecule has 0 aromatic heterocycles. The van der Waals surface area contributed by atoms with Gasteiger partial charge in [-0.15, -0.1) is 0 Å². The minimum Gasteiger partial charge on any atom is -0.280 e. The fourth-order valence-corrected chi connectivity index (χ4v) is 6.04. The lowest BCUT2D eigenvalue weighted by molar-refractivity contribution is 0.252. The van der Waals surface area contributed by atoms with Gasteiger partial charge in [-0.05, 0) is 61.4 Å². The summed E-state index contributed by atoms with van der Waals surface area (Å²) in [7, 11) is -7.59. The molecular weight excluding hydrogens is 442 g/mol. The van der Waals surface area contributed by atoms with Crippen LogP contribution in [0.25, 0.3) is 0 Å². The topological polar surface area (TPSA) is 83.5 Å². The van der Waals surface area contributed by atoms with E-state index in [1.807, 2.05) is 0 Å². The number of hydrogen-bond donors (Lipinski definition) is 1. The molecule has 1 aliphatic heterocycles. The maximum Gasteiger partial charge on any atom is 0.288 e. The third kappa shape index (κ3) is 5.47. The van der Waals surface area contributed by atoms with Crippen molar-refractivity contribution in [3.05, 3.63) is 48.5 Å². The Kier molecular flexibility index (Phi) is 6.82. The van der Waals surface area contributed by atoms with E-state index in [0.717, 1.165) is 19.3 Å². The number of nitrogens with zero attached hydrogens (tertiary/aromatic N) is 1. The highest BCUT2D eigenvalue weighted by Crippen LogP contribution is 2.27. The fraction of sp³-hybridized carbons (Fsp3) is 0.333. The highest BCUT2D eigenvalue weighted by molar-refractivity contribution is 7.99. The molecule has 3 rings (SSSR count). The molecule has 0 amide bonds. The van der Waals surface area contributed by atoms with Crippen LogP contribution in [0.4, 0.5) is 14.5 Å². The first kappa shape index (κ1) is 22.0. The summed E-state index contributed by atoms with van der Waals surface area (Å²) in [6.45, 7) is 0.924. The van der Waals surface area contributed by atoms with E-state index in [1.54, 1.807) is 0 Å². The zero-order valence-corrected chi connectivity index (χ0v) is 17.7. The zero-order valence-electron chi connectivity index (χ0n) is 15.3. The van der Waals surface area contributed by atoms with Crippen LogP contribution < -0.4 is 4.72 Å². The van der Waals surface area contributed by atoms with Crippen LogP contribution in [-0.2, 0) is 20.0 Å². The summed E-state index contributed by atoms with van der Waals surface area (Å²) in [4.78, 5) is 0.267. The van der Waals surface area contributed by atoms with Crippen molar-refractivity contribution in [3.63, 3.8) is 0 Å². The summed E-state index contributed by atoms with van der Waals surface area (Å²) in [6, 6.07) is 10.6. The Bertz CT molecular complexity index is 1040. The molecule has 0 saturated carbocycles. The Morgan fingerprint density at radius 1 is 0.828 bits per heavy atom. The molecule has 6 nitrogen and oxygen atoms in total. The molecule has 1 aliphatic rings. The zero-order chi connectivity index (χ0) is 21.1. The van der Waals surface area contributed by atoms with Crippen LogP contribution in [0.2, 0.25) is 0 Å². The number of sulfonamides is 2. The Balaban J connectivity index is 1.74. The Hall–Kier alpha value is -1.69. The minimum absolute atomic E-state index is 0.0479. The molecule has 1 saturated heterocycles. The van der Waals surface area contributed by atoms with E-state index in [4.69, 9.17) is 0 Å². The van der Waals surface area contributed by atoms with Gasteiger partial charge in [-0.3, -0.25) is 4.72 Å². The smallest absolute Gasteiger partial charge is 0.280 e. The van der Waals surface area contributed by atoms with Gasteiger partial charge >= 0.3 is 0 Å². The molecule has 11 heteroatoms. The number of alkyl halides is 2. The molecule has 0 unspecified atom stereocenters. The fourth-order valence-electron chi connectivity index (χ4n) is 2.96. The van der Waals surface area contributed by atoms with Crippen molar-refractivity contribution in [1.82, 2.24) is 4.31 Å². The minimum atomic E-state index is -3.95. The standard InChI is InChI=1S/C18H20F2N2O4S3/c19-18(20)27-15-6-4-14(5-7-15)21-28(23,24)16-8-10-17(11-9-16)29(25,26)22-12-2-1-3-13-22/h4-11,18,21H,1-3,12-13H2. The van der Waals surface area contributed by atoms with Crippen LogP contribution in [0, 0.1) is 0 Å². The van der Waals surface area contributed by atoms with E-state index in [0.29, 0.717) is 29.7 Å². The third-order valence-corrected chi connectivity index (χ3v) is 8.45. The molecule has 29 heavy (non-hydrogen) atoms. The Labute approximate surface area is 173 Å². The lowest BCUT2D eigenvalue weighted by Crippen LogP contribution is -2.35. The number of hydrogen-bond acceptors (Lipinski definition) is 5. The van der Waals surface area contributed by atoms with Crippen molar-refractivity contribution >= 4 is 37.5 Å². The third-order valence-electron chi connectivity index (χ3n) is 4.42. The van der Waals surface area contributed by atoms with Gasteiger partial charge < -0.3 is 0 Å². The normalized spacial score (nSPS) is 16.1. The number of nitrogens with one attached hydrogen (secondary N) is 1. The van der Waals surface area contributed by atoms with E-state index in [1.165, 1.54) is 52.8 Å². The molecule has 158 valence electrons. The molecule has 0 radical (unpaired) electrons. The second-order valence-corrected chi connectivity index (χ2v) is 11.1. The van der Waals surface area contributed by atoms with Crippen molar-refractivity contribution in [3.8, 4) is 0 Å².